The van der Waals surface area contributed by atoms with Gasteiger partial charge in [-0.2, -0.15) is 0 Å². The number of carbonyl (C=O) groups excluding carboxylic acids is 1. The Balaban J connectivity index is 1.59. The van der Waals surface area contributed by atoms with E-state index >= 15 is 0 Å². The van der Waals surface area contributed by atoms with Crippen LogP contribution in [0.15, 0.2) is 30.5 Å². The number of nitrogens with zero attached hydrogens (tertiary/aromatic N) is 5. The van der Waals surface area contributed by atoms with E-state index in [0.717, 1.165) is 6.07 Å². The molecule has 1 aliphatic rings. The number of hydrogen-bond donors (Lipinski definition) is 2. The van der Waals surface area contributed by atoms with E-state index in [2.05, 4.69) is 30.5 Å². The zero-order valence-electron chi connectivity index (χ0n) is 19.9. The number of halogens is 3. The van der Waals surface area contributed by atoms with Crippen molar-refractivity contribution in [3.8, 4) is 0 Å². The number of amides is 1. The fourth-order valence-corrected chi connectivity index (χ4v) is 4.22. The minimum absolute atomic E-state index is 0.0612. The normalized spacial score (nSPS) is 15.1. The van der Waals surface area contributed by atoms with Gasteiger partial charge in [-0.25, -0.2) is 28.1 Å². The first-order valence-corrected chi connectivity index (χ1v) is 11.4. The molecule has 2 aromatic heterocycles. The van der Waals surface area contributed by atoms with Crippen molar-refractivity contribution in [1.29, 1.82) is 0 Å². The summed E-state index contributed by atoms with van der Waals surface area (Å²) in [6.45, 7) is 6.18. The Kier molecular flexibility index (Phi) is 7.34. The smallest absolute Gasteiger partial charge is 0.266 e. The first-order chi connectivity index (χ1) is 16.8. The van der Waals surface area contributed by atoms with Gasteiger partial charge in [-0.05, 0) is 27.0 Å². The third kappa shape index (κ3) is 5.29. The van der Waals surface area contributed by atoms with E-state index in [-0.39, 0.29) is 11.5 Å². The molecule has 1 aliphatic heterocycles. The van der Waals surface area contributed by atoms with Crippen molar-refractivity contribution in [2.24, 2.45) is 0 Å². The molecule has 3 heterocycles. The van der Waals surface area contributed by atoms with Crippen LogP contribution in [0.25, 0.3) is 10.9 Å². The Hall–Kier alpha value is -3.47. The molecular formula is C24H28F3N7O. The summed E-state index contributed by atoms with van der Waals surface area (Å²) in [4.78, 5) is 29.5. The highest BCUT2D eigenvalue weighted by Crippen LogP contribution is 2.31. The van der Waals surface area contributed by atoms with Crippen molar-refractivity contribution in [3.05, 3.63) is 53.2 Å². The number of rotatable bonds is 7. The summed E-state index contributed by atoms with van der Waals surface area (Å²) >= 11 is 0. The molecule has 0 spiro atoms. The topological polar surface area (TPSA) is 86.3 Å². The summed E-state index contributed by atoms with van der Waals surface area (Å²) in [5.41, 5.74) is 0.114. The van der Waals surface area contributed by atoms with E-state index in [1.54, 1.807) is 27.1 Å². The molecule has 35 heavy (non-hydrogen) atoms. The number of carbonyl (C=O) groups is 1. The van der Waals surface area contributed by atoms with Crippen molar-refractivity contribution >= 4 is 28.4 Å². The number of piperazine rings is 1. The predicted molar refractivity (Wildman–Crippen MR) is 128 cm³/mol. The van der Waals surface area contributed by atoms with Gasteiger partial charge in [0.25, 0.3) is 6.43 Å². The van der Waals surface area contributed by atoms with E-state index in [9.17, 15) is 18.0 Å². The van der Waals surface area contributed by atoms with E-state index in [4.69, 9.17) is 0 Å². The van der Waals surface area contributed by atoms with Crippen molar-refractivity contribution in [2.75, 3.05) is 50.0 Å². The maximum Gasteiger partial charge on any atom is 0.266 e. The van der Waals surface area contributed by atoms with Gasteiger partial charge in [-0.15, -0.1) is 0 Å². The molecule has 186 valence electrons. The minimum Gasteiger partial charge on any atom is -0.363 e. The highest BCUT2D eigenvalue weighted by Gasteiger charge is 2.23. The molecule has 1 saturated heterocycles. The second-order valence-electron chi connectivity index (χ2n) is 8.49. The van der Waals surface area contributed by atoms with E-state index in [1.807, 2.05) is 11.0 Å². The quantitative estimate of drug-likeness (QED) is 0.528. The zero-order valence-corrected chi connectivity index (χ0v) is 19.9. The lowest BCUT2D eigenvalue weighted by atomic mass is 10.0. The first kappa shape index (κ1) is 24.6. The number of nitrogens with one attached hydrogen (secondary N) is 2. The molecule has 0 unspecified atom stereocenters. The number of alkyl halides is 2. The second kappa shape index (κ2) is 10.4. The molecule has 8 nitrogen and oxygen atoms in total. The predicted octanol–water partition coefficient (Wildman–Crippen LogP) is 3.45. The third-order valence-corrected chi connectivity index (χ3v) is 6.08. The molecule has 0 saturated carbocycles. The molecule has 11 heteroatoms. The Labute approximate surface area is 201 Å². The number of fused-ring (bicyclic) bond motifs is 1. The second-order valence-corrected chi connectivity index (χ2v) is 8.49. The fourth-order valence-electron chi connectivity index (χ4n) is 4.22. The molecule has 1 aromatic carbocycles. The van der Waals surface area contributed by atoms with Crippen LogP contribution in [0.5, 0.6) is 0 Å². The molecule has 0 radical (unpaired) electrons. The van der Waals surface area contributed by atoms with Crippen LogP contribution in [0.4, 0.5) is 24.8 Å². The molecule has 4 rings (SSSR count). The van der Waals surface area contributed by atoms with Crippen molar-refractivity contribution < 1.29 is 18.0 Å². The van der Waals surface area contributed by atoms with Crippen LogP contribution in [0.1, 0.15) is 36.3 Å². The van der Waals surface area contributed by atoms with Gasteiger partial charge < -0.3 is 20.4 Å². The largest absolute Gasteiger partial charge is 0.363 e. The lowest BCUT2D eigenvalue weighted by Gasteiger charge is -2.35. The Morgan fingerprint density at radius 1 is 1.14 bits per heavy atom. The van der Waals surface area contributed by atoms with Gasteiger partial charge >= 0.3 is 0 Å². The number of benzene rings is 1. The van der Waals surface area contributed by atoms with Gasteiger partial charge in [0, 0.05) is 37.1 Å². The van der Waals surface area contributed by atoms with Gasteiger partial charge in [0.2, 0.25) is 5.91 Å². The summed E-state index contributed by atoms with van der Waals surface area (Å²) in [7, 11) is 1.74. The number of anilines is 2. The number of hydrogen-bond acceptors (Lipinski definition) is 7. The van der Waals surface area contributed by atoms with Crippen LogP contribution >= 0.6 is 0 Å². The minimum atomic E-state index is -2.90. The molecular weight excluding hydrogens is 459 g/mol. The average molecular weight is 488 g/mol. The van der Waals surface area contributed by atoms with Gasteiger partial charge in [-0.3, -0.25) is 4.79 Å². The van der Waals surface area contributed by atoms with Gasteiger partial charge in [0.15, 0.2) is 0 Å². The van der Waals surface area contributed by atoms with Crippen LogP contribution in [0.2, 0.25) is 0 Å². The molecule has 0 bridgehead atoms. The van der Waals surface area contributed by atoms with Crippen molar-refractivity contribution in [2.45, 2.75) is 26.3 Å². The molecule has 1 amide bonds. The Morgan fingerprint density at radius 2 is 1.86 bits per heavy atom. The molecule has 0 aliphatic carbocycles. The highest BCUT2D eigenvalue weighted by atomic mass is 19.3. The SMILES string of the molecule is CNCC(=O)N1CCN(c2cc3c(N[C@H](C)c4cccc(C(F)F)c4F)nc(C)nc3cn2)CC1. The van der Waals surface area contributed by atoms with E-state index < -0.39 is 23.8 Å². The van der Waals surface area contributed by atoms with Crippen LogP contribution in [0.3, 0.4) is 0 Å². The van der Waals surface area contributed by atoms with Crippen molar-refractivity contribution in [3.63, 3.8) is 0 Å². The summed E-state index contributed by atoms with van der Waals surface area (Å²) in [5, 5.41) is 6.74. The van der Waals surface area contributed by atoms with Crippen molar-refractivity contribution in [1.82, 2.24) is 25.2 Å². The van der Waals surface area contributed by atoms with E-state index in [1.165, 1.54) is 12.1 Å². The summed E-state index contributed by atoms with van der Waals surface area (Å²) in [5.74, 6) is 0.817. The van der Waals surface area contributed by atoms with Crippen LogP contribution in [-0.2, 0) is 4.79 Å². The zero-order chi connectivity index (χ0) is 25.1. The number of aryl methyl sites for hydroxylation is 1. The lowest BCUT2D eigenvalue weighted by Crippen LogP contribution is -2.50. The van der Waals surface area contributed by atoms with Gasteiger partial charge in [0.05, 0.1) is 29.9 Å². The summed E-state index contributed by atoms with van der Waals surface area (Å²) in [6, 6.07) is 5.23. The van der Waals surface area contributed by atoms with Gasteiger partial charge in [-0.1, -0.05) is 18.2 Å². The Morgan fingerprint density at radius 3 is 2.54 bits per heavy atom. The van der Waals surface area contributed by atoms with Gasteiger partial charge in [0.1, 0.15) is 23.3 Å². The Bertz CT molecular complexity index is 1220. The van der Waals surface area contributed by atoms with Crippen LogP contribution in [-0.4, -0.2) is 65.5 Å². The molecule has 2 N–H and O–H groups in total. The maximum absolute atomic E-state index is 14.7. The van der Waals surface area contributed by atoms with Crippen LogP contribution in [0, 0.1) is 12.7 Å². The van der Waals surface area contributed by atoms with E-state index in [0.29, 0.717) is 61.1 Å². The monoisotopic (exact) mass is 487 g/mol. The molecule has 3 aromatic rings. The fraction of sp³-hybridized carbons (Fsp3) is 0.417. The molecule has 1 atom stereocenters. The third-order valence-electron chi connectivity index (χ3n) is 6.08. The average Bonchev–Trinajstić information content (AvgIpc) is 2.84. The standard InChI is InChI=1S/C24H28F3N7O/c1-14(16-5-4-6-17(22(16)25)23(26)27)30-24-18-11-20(29-12-19(18)31-15(2)32-24)33-7-9-34(10-8-33)21(35)13-28-3/h4-6,11-12,14,23,28H,7-10,13H2,1-3H3,(H,30,31,32)/t14-/m1/s1. The number of pyridine rings is 1. The number of likely N-dealkylation sites (N-methyl/N-ethyl adjacent to an activating group) is 1. The summed E-state index contributed by atoms with van der Waals surface area (Å²) < 4.78 is 41.1. The molecule has 1 fully saturated rings. The first-order valence-electron chi connectivity index (χ1n) is 11.4. The number of aromatic nitrogens is 3. The maximum atomic E-state index is 14.7. The van der Waals surface area contributed by atoms with Crippen LogP contribution < -0.4 is 15.5 Å². The highest BCUT2D eigenvalue weighted by molar-refractivity contribution is 5.90. The summed E-state index contributed by atoms with van der Waals surface area (Å²) in [6.07, 6.45) is -1.24. The lowest BCUT2D eigenvalue weighted by molar-refractivity contribution is -0.130.